The normalized spacial score (nSPS) is 18.3. The maximum atomic E-state index is 14.5. The molecule has 0 unspecified atom stereocenters. The van der Waals surface area contributed by atoms with Crippen LogP contribution in [0.4, 0.5) is 20.2 Å². The minimum atomic E-state index is -2.90. The molecule has 2 N–H and O–H groups in total. The lowest BCUT2D eigenvalue weighted by molar-refractivity contribution is -0.0617. The third-order valence-electron chi connectivity index (χ3n) is 4.67. The Labute approximate surface area is 177 Å². The standard InChI is InChI=1S/C17H25F2N3O.3ClH/c18-17(19,13-21-8-10-23-11-9-21)14-4-5-16(15(20)12-14)22-6-2-1-3-7-22;;;/h4-5,12H,1-3,6-11,13,20H2;3*1H. The van der Waals surface area contributed by atoms with E-state index in [1.165, 1.54) is 18.6 Å². The lowest BCUT2D eigenvalue weighted by Gasteiger charge is -2.32. The molecular weight excluding hydrogens is 407 g/mol. The van der Waals surface area contributed by atoms with Crippen LogP contribution in [0.1, 0.15) is 29.1 Å². The van der Waals surface area contributed by atoms with Gasteiger partial charge in [0, 0.05) is 31.7 Å². The number of benzene rings is 1. The number of rotatable bonds is 4. The van der Waals surface area contributed by atoms with E-state index in [0.29, 0.717) is 32.0 Å². The Balaban J connectivity index is -0.000000521. The van der Waals surface area contributed by atoms with Gasteiger partial charge in [-0.3, -0.25) is 4.90 Å². The first-order valence-electron chi connectivity index (χ1n) is 8.39. The molecule has 0 bridgehead atoms. The smallest absolute Gasteiger partial charge is 1.00 e. The molecule has 2 fully saturated rings. The first kappa shape index (κ1) is 25.5. The molecule has 1 aromatic rings. The molecule has 0 amide bonds. The van der Waals surface area contributed by atoms with Gasteiger partial charge in [0.1, 0.15) is 0 Å². The van der Waals surface area contributed by atoms with Gasteiger partial charge >= 0.3 is 4.28 Å². The third-order valence-corrected chi connectivity index (χ3v) is 4.67. The highest BCUT2D eigenvalue weighted by Gasteiger charge is 2.35. The topological polar surface area (TPSA) is 41.7 Å². The fourth-order valence-corrected chi connectivity index (χ4v) is 3.34. The number of halogens is 5. The minimum Gasteiger partial charge on any atom is -1.00 e. The number of piperidine rings is 1. The first-order valence-corrected chi connectivity index (χ1v) is 8.39. The van der Waals surface area contributed by atoms with Crippen molar-refractivity contribution < 1.29 is 55.0 Å². The number of nitrogens with two attached hydrogens (primary N) is 1. The molecule has 9 heteroatoms. The molecule has 0 atom stereocenters. The van der Waals surface area contributed by atoms with Crippen molar-refractivity contribution in [2.75, 3.05) is 56.6 Å². The molecule has 0 spiro atoms. The van der Waals surface area contributed by atoms with E-state index in [1.807, 2.05) is 0 Å². The van der Waals surface area contributed by atoms with Gasteiger partial charge < -0.3 is 52.6 Å². The quantitative estimate of drug-likeness (QED) is 0.479. The molecule has 4 nitrogen and oxygen atoms in total. The van der Waals surface area contributed by atoms with Gasteiger partial charge in [-0.15, -0.1) is 0 Å². The van der Waals surface area contributed by atoms with Crippen LogP contribution in [0.5, 0.6) is 0 Å². The molecule has 2 heterocycles. The zero-order valence-corrected chi connectivity index (χ0v) is 16.8. The number of anilines is 2. The number of ether oxygens (including phenoxy) is 1. The van der Waals surface area contributed by atoms with E-state index >= 15 is 0 Å². The van der Waals surface area contributed by atoms with Crippen molar-refractivity contribution in [3.63, 3.8) is 0 Å². The van der Waals surface area contributed by atoms with Crippen LogP contribution >= 0.6 is 0 Å². The second-order valence-corrected chi connectivity index (χ2v) is 6.41. The maximum absolute atomic E-state index is 14.5. The summed E-state index contributed by atoms with van der Waals surface area (Å²) in [5.41, 5.74) is 7.41. The minimum absolute atomic E-state index is 0. The molecule has 1 aromatic carbocycles. The van der Waals surface area contributed by atoms with Gasteiger partial charge in [0.05, 0.1) is 31.1 Å². The molecule has 2 aliphatic heterocycles. The maximum Gasteiger partial charge on any atom is 1.00 e. The van der Waals surface area contributed by atoms with E-state index in [-0.39, 0.29) is 53.6 Å². The molecule has 152 valence electrons. The second kappa shape index (κ2) is 11.3. The molecular formula is C17H28Cl3F2N3O. The van der Waals surface area contributed by atoms with Crippen molar-refractivity contribution in [3.05, 3.63) is 23.8 Å². The molecule has 3 rings (SSSR count). The predicted molar refractivity (Wildman–Crippen MR) is 91.4 cm³/mol. The summed E-state index contributed by atoms with van der Waals surface area (Å²) in [5.74, 6) is -2.90. The van der Waals surface area contributed by atoms with Crippen LogP contribution in [0.25, 0.3) is 0 Å². The van der Waals surface area contributed by atoms with Crippen LogP contribution in [-0.4, -0.2) is 50.8 Å². The van der Waals surface area contributed by atoms with Crippen molar-refractivity contribution in [1.82, 2.24) is 4.90 Å². The summed E-state index contributed by atoms with van der Waals surface area (Å²) in [6.07, 6.45) is 3.49. The Morgan fingerprint density at radius 2 is 1.62 bits per heavy atom. The van der Waals surface area contributed by atoms with Crippen LogP contribution < -0.4 is 47.9 Å². The average molecular weight is 435 g/mol. The van der Waals surface area contributed by atoms with Crippen LogP contribution in [0.15, 0.2) is 18.2 Å². The lowest BCUT2D eigenvalue weighted by Crippen LogP contribution is -3.00. The summed E-state index contributed by atoms with van der Waals surface area (Å²) in [4.78, 5) is 3.95. The Bertz CT molecular complexity index is 554. The summed E-state index contributed by atoms with van der Waals surface area (Å²) in [6, 6.07) is 4.73. The number of hydrogen-bond acceptors (Lipinski definition) is 4. The highest BCUT2D eigenvalue weighted by atomic mass is 35.5. The molecule has 0 saturated carbocycles. The van der Waals surface area contributed by atoms with Crippen molar-refractivity contribution in [2.45, 2.75) is 25.2 Å². The lowest BCUT2D eigenvalue weighted by atomic mass is 10.0. The van der Waals surface area contributed by atoms with Crippen LogP contribution in [-0.2, 0) is 10.7 Å². The number of alkyl halides is 2. The monoisotopic (exact) mass is 433 g/mol. The first-order chi connectivity index (χ1) is 11.1. The van der Waals surface area contributed by atoms with Crippen molar-refractivity contribution in [3.8, 4) is 0 Å². The van der Waals surface area contributed by atoms with Gasteiger partial charge in [-0.2, -0.15) is 8.78 Å². The Hall–Kier alpha value is -0.530. The van der Waals surface area contributed by atoms with Crippen molar-refractivity contribution in [2.24, 2.45) is 0 Å². The highest BCUT2D eigenvalue weighted by molar-refractivity contribution is 5.69. The molecule has 0 aliphatic carbocycles. The summed E-state index contributed by atoms with van der Waals surface area (Å²) in [5, 5.41) is 0. The summed E-state index contributed by atoms with van der Waals surface area (Å²) < 4.78 is 34.3. The number of nitrogens with zero attached hydrogens (tertiary/aromatic N) is 2. The predicted octanol–water partition coefficient (Wildman–Crippen LogP) is -5.97. The fraction of sp³-hybridized carbons (Fsp3) is 0.647. The molecule has 0 aromatic heterocycles. The van der Waals surface area contributed by atoms with Gasteiger partial charge in [-0.05, 0) is 31.4 Å². The number of hydrogen-bond donors (Lipinski definition) is 1. The van der Waals surface area contributed by atoms with E-state index in [9.17, 15) is 8.78 Å². The molecule has 2 saturated heterocycles. The number of morpholine rings is 1. The highest BCUT2D eigenvalue weighted by Crippen LogP contribution is 2.34. The van der Waals surface area contributed by atoms with Crippen LogP contribution in [0, 0.1) is 0 Å². The van der Waals surface area contributed by atoms with E-state index in [4.69, 9.17) is 10.5 Å². The van der Waals surface area contributed by atoms with Crippen LogP contribution in [0.2, 0.25) is 0 Å². The van der Waals surface area contributed by atoms with Gasteiger partial charge in [0.25, 0.3) is 5.92 Å². The van der Waals surface area contributed by atoms with E-state index in [2.05, 4.69) is 4.90 Å². The Morgan fingerprint density at radius 3 is 2.19 bits per heavy atom. The summed E-state index contributed by atoms with van der Waals surface area (Å²) >= 11 is 0. The van der Waals surface area contributed by atoms with Gasteiger partial charge in [-0.1, -0.05) is 6.07 Å². The van der Waals surface area contributed by atoms with Crippen molar-refractivity contribution in [1.29, 1.82) is 0 Å². The van der Waals surface area contributed by atoms with Gasteiger partial charge in [0.15, 0.2) is 0 Å². The average Bonchev–Trinajstić information content (AvgIpc) is 2.56. The van der Waals surface area contributed by atoms with Crippen molar-refractivity contribution >= 4 is 11.4 Å². The molecule has 2 aliphatic rings. The molecule has 0 radical (unpaired) electrons. The SMILES string of the molecule is Nc1cc(C(F)(F)CN2CCOCC2)ccc1N1CCCCC1.[Cl-].[Cl-].[Cl-].[H+].[H+].[H+]. The van der Waals surface area contributed by atoms with E-state index < -0.39 is 5.92 Å². The Morgan fingerprint density at radius 1 is 1.00 bits per heavy atom. The van der Waals surface area contributed by atoms with Gasteiger partial charge in [0.2, 0.25) is 0 Å². The zero-order chi connectivity index (χ0) is 16.3. The fourth-order valence-electron chi connectivity index (χ4n) is 3.34. The third kappa shape index (κ3) is 6.27. The number of nitrogen functional groups attached to an aromatic ring is 1. The molecule has 26 heavy (non-hydrogen) atoms. The second-order valence-electron chi connectivity index (χ2n) is 6.41. The van der Waals surface area contributed by atoms with E-state index in [0.717, 1.165) is 31.6 Å². The zero-order valence-electron chi connectivity index (χ0n) is 17.6. The van der Waals surface area contributed by atoms with Crippen LogP contribution in [0.3, 0.4) is 0 Å². The largest absolute Gasteiger partial charge is 1.00 e. The summed E-state index contributed by atoms with van der Waals surface area (Å²) in [7, 11) is 0. The Kier molecular flexibility index (Phi) is 11.1. The van der Waals surface area contributed by atoms with E-state index in [1.54, 1.807) is 11.0 Å². The summed E-state index contributed by atoms with van der Waals surface area (Å²) in [6.45, 7) is 3.77. The van der Waals surface area contributed by atoms with Gasteiger partial charge in [-0.25, -0.2) is 0 Å².